The Bertz CT molecular complexity index is 455. The van der Waals surface area contributed by atoms with Crippen molar-refractivity contribution in [1.82, 2.24) is 5.32 Å². The van der Waals surface area contributed by atoms with Crippen LogP contribution >= 0.6 is 15.9 Å². The molecule has 0 aliphatic rings. The molecule has 0 amide bonds. The van der Waals surface area contributed by atoms with Gasteiger partial charge in [-0.2, -0.15) is 0 Å². The molecule has 1 atom stereocenters. The highest BCUT2D eigenvalue weighted by molar-refractivity contribution is 9.10. The van der Waals surface area contributed by atoms with Gasteiger partial charge in [0.25, 0.3) is 0 Å². The summed E-state index contributed by atoms with van der Waals surface area (Å²) in [7, 11) is 1.88. The van der Waals surface area contributed by atoms with E-state index in [9.17, 15) is 0 Å². The number of halogens is 1. The first-order valence-electron chi connectivity index (χ1n) is 5.39. The van der Waals surface area contributed by atoms with Gasteiger partial charge in [0.05, 0.1) is 10.7 Å². The smallest absolute Gasteiger partial charge is 0.138 e. The Balaban J connectivity index is 2.00. The minimum atomic E-state index is 0.0274. The van der Waals surface area contributed by atoms with Gasteiger partial charge in [0.15, 0.2) is 0 Å². The molecule has 0 saturated carbocycles. The Labute approximate surface area is 109 Å². The van der Waals surface area contributed by atoms with Crippen LogP contribution in [0.5, 0.6) is 5.75 Å². The van der Waals surface area contributed by atoms with Gasteiger partial charge in [-0.05, 0) is 41.2 Å². The molecule has 1 aromatic heterocycles. The third-order valence-corrected chi connectivity index (χ3v) is 3.12. The van der Waals surface area contributed by atoms with Crippen LogP contribution in [-0.2, 0) is 0 Å². The molecule has 0 radical (unpaired) electrons. The summed E-state index contributed by atoms with van der Waals surface area (Å²) in [6.45, 7) is 0.520. The normalized spacial score (nSPS) is 12.4. The Kier molecular flexibility index (Phi) is 4.23. The molecule has 0 spiro atoms. The maximum atomic E-state index is 5.69. The van der Waals surface area contributed by atoms with E-state index in [1.54, 1.807) is 6.26 Å². The first kappa shape index (κ1) is 12.2. The van der Waals surface area contributed by atoms with Crippen LogP contribution < -0.4 is 10.1 Å². The highest BCUT2D eigenvalue weighted by Gasteiger charge is 2.16. The van der Waals surface area contributed by atoms with Crippen LogP contribution in [0.4, 0.5) is 0 Å². The van der Waals surface area contributed by atoms with Crippen LogP contribution in [0.3, 0.4) is 0 Å². The van der Waals surface area contributed by atoms with Gasteiger partial charge in [-0.15, -0.1) is 0 Å². The number of rotatable bonds is 5. The van der Waals surface area contributed by atoms with Crippen molar-refractivity contribution < 1.29 is 9.15 Å². The molecule has 1 unspecified atom stereocenters. The van der Waals surface area contributed by atoms with E-state index in [1.807, 2.05) is 43.4 Å². The lowest BCUT2D eigenvalue weighted by molar-refractivity contribution is 0.253. The zero-order valence-corrected chi connectivity index (χ0v) is 11.1. The topological polar surface area (TPSA) is 34.4 Å². The molecule has 1 aromatic carbocycles. The number of hydrogen-bond donors (Lipinski definition) is 1. The summed E-state index contributed by atoms with van der Waals surface area (Å²) < 4.78 is 12.1. The Morgan fingerprint density at radius 2 is 2.06 bits per heavy atom. The van der Waals surface area contributed by atoms with E-state index in [-0.39, 0.29) is 6.04 Å². The molecule has 1 N–H and O–H groups in total. The van der Waals surface area contributed by atoms with Crippen LogP contribution in [0.1, 0.15) is 11.8 Å². The molecule has 0 saturated heterocycles. The monoisotopic (exact) mass is 295 g/mol. The Morgan fingerprint density at radius 1 is 1.29 bits per heavy atom. The van der Waals surface area contributed by atoms with Crippen molar-refractivity contribution in [1.29, 1.82) is 0 Å². The Hall–Kier alpha value is -1.26. The third kappa shape index (κ3) is 3.11. The zero-order chi connectivity index (χ0) is 12.1. The maximum Gasteiger partial charge on any atom is 0.138 e. The van der Waals surface area contributed by atoms with E-state index < -0.39 is 0 Å². The summed E-state index contributed by atoms with van der Waals surface area (Å²) in [5.41, 5.74) is 0. The molecule has 2 aromatic rings. The number of ether oxygens (including phenoxy) is 1. The van der Waals surface area contributed by atoms with E-state index in [0.717, 1.165) is 16.0 Å². The fourth-order valence-corrected chi connectivity index (χ4v) is 2.02. The van der Waals surface area contributed by atoms with Crippen molar-refractivity contribution in [2.24, 2.45) is 0 Å². The van der Waals surface area contributed by atoms with E-state index in [2.05, 4.69) is 21.2 Å². The minimum Gasteiger partial charge on any atom is -0.491 e. The lowest BCUT2D eigenvalue weighted by Crippen LogP contribution is -2.23. The van der Waals surface area contributed by atoms with Crippen molar-refractivity contribution in [3.05, 3.63) is 52.9 Å². The molecule has 0 bridgehead atoms. The van der Waals surface area contributed by atoms with Crippen LogP contribution in [0.2, 0.25) is 0 Å². The lowest BCUT2D eigenvalue weighted by Gasteiger charge is -2.15. The summed E-state index contributed by atoms with van der Waals surface area (Å²) >= 11 is 3.44. The summed E-state index contributed by atoms with van der Waals surface area (Å²) in [6, 6.07) is 11.6. The van der Waals surface area contributed by atoms with E-state index in [0.29, 0.717) is 6.61 Å². The van der Waals surface area contributed by atoms with Crippen LogP contribution in [0.25, 0.3) is 0 Å². The average Bonchev–Trinajstić information content (AvgIpc) is 2.78. The van der Waals surface area contributed by atoms with E-state index in [1.165, 1.54) is 0 Å². The molecule has 0 aliphatic carbocycles. The second kappa shape index (κ2) is 5.89. The van der Waals surface area contributed by atoms with Crippen molar-refractivity contribution in [3.63, 3.8) is 0 Å². The van der Waals surface area contributed by atoms with E-state index >= 15 is 0 Å². The number of nitrogens with one attached hydrogen (secondary N) is 1. The predicted octanol–water partition coefficient (Wildman–Crippen LogP) is 3.38. The van der Waals surface area contributed by atoms with Gasteiger partial charge in [0.2, 0.25) is 0 Å². The number of benzene rings is 1. The zero-order valence-electron chi connectivity index (χ0n) is 9.52. The third-order valence-electron chi connectivity index (χ3n) is 2.47. The van der Waals surface area contributed by atoms with Crippen molar-refractivity contribution >= 4 is 15.9 Å². The van der Waals surface area contributed by atoms with Crippen LogP contribution in [0, 0.1) is 0 Å². The number of hydrogen-bond acceptors (Lipinski definition) is 3. The SMILES string of the molecule is CNC(COc1ccccc1)c1occc1Br. The van der Waals surface area contributed by atoms with Crippen LogP contribution in [-0.4, -0.2) is 13.7 Å². The lowest BCUT2D eigenvalue weighted by atomic mass is 10.2. The molecule has 1 heterocycles. The van der Waals surface area contributed by atoms with Crippen molar-refractivity contribution in [3.8, 4) is 5.75 Å². The first-order valence-corrected chi connectivity index (χ1v) is 6.18. The second-order valence-corrected chi connectivity index (χ2v) is 4.45. The molecule has 4 heteroatoms. The highest BCUT2D eigenvalue weighted by atomic mass is 79.9. The number of likely N-dealkylation sites (N-methyl/N-ethyl adjacent to an activating group) is 1. The van der Waals surface area contributed by atoms with Crippen molar-refractivity contribution in [2.75, 3.05) is 13.7 Å². The van der Waals surface area contributed by atoms with Gasteiger partial charge in [-0.1, -0.05) is 18.2 Å². The minimum absolute atomic E-state index is 0.0274. The molecule has 17 heavy (non-hydrogen) atoms. The highest BCUT2D eigenvalue weighted by Crippen LogP contribution is 2.25. The average molecular weight is 296 g/mol. The fourth-order valence-electron chi connectivity index (χ4n) is 1.54. The molecular formula is C13H14BrNO2. The predicted molar refractivity (Wildman–Crippen MR) is 70.1 cm³/mol. The summed E-state index contributed by atoms with van der Waals surface area (Å²) in [6.07, 6.45) is 1.66. The van der Waals surface area contributed by atoms with E-state index in [4.69, 9.17) is 9.15 Å². The summed E-state index contributed by atoms with van der Waals surface area (Å²) in [4.78, 5) is 0. The van der Waals surface area contributed by atoms with Gasteiger partial charge in [-0.3, -0.25) is 0 Å². The summed E-state index contributed by atoms with van der Waals surface area (Å²) in [5, 5.41) is 3.17. The quantitative estimate of drug-likeness (QED) is 0.918. The molecule has 90 valence electrons. The number of furan rings is 1. The standard InChI is InChI=1S/C13H14BrNO2/c1-15-12(13-11(14)7-8-16-13)9-17-10-5-3-2-4-6-10/h2-8,12,15H,9H2,1H3. The van der Waals surface area contributed by atoms with Gasteiger partial charge in [0, 0.05) is 0 Å². The molecule has 3 nitrogen and oxygen atoms in total. The maximum absolute atomic E-state index is 5.69. The van der Waals surface area contributed by atoms with Gasteiger partial charge in [0.1, 0.15) is 24.2 Å². The largest absolute Gasteiger partial charge is 0.491 e. The molecule has 2 rings (SSSR count). The summed E-state index contributed by atoms with van der Waals surface area (Å²) in [5.74, 6) is 1.71. The van der Waals surface area contributed by atoms with Crippen molar-refractivity contribution in [2.45, 2.75) is 6.04 Å². The number of para-hydroxylation sites is 1. The van der Waals surface area contributed by atoms with Gasteiger partial charge < -0.3 is 14.5 Å². The molecule has 0 aliphatic heterocycles. The van der Waals surface area contributed by atoms with Gasteiger partial charge >= 0.3 is 0 Å². The Morgan fingerprint density at radius 3 is 2.65 bits per heavy atom. The molecule has 0 fully saturated rings. The molecular weight excluding hydrogens is 282 g/mol. The van der Waals surface area contributed by atoms with Gasteiger partial charge in [-0.25, -0.2) is 0 Å². The fraction of sp³-hybridized carbons (Fsp3) is 0.231. The second-order valence-electron chi connectivity index (χ2n) is 3.60. The van der Waals surface area contributed by atoms with Crippen LogP contribution in [0.15, 0.2) is 51.6 Å². The first-order chi connectivity index (χ1) is 8.31.